The Morgan fingerprint density at radius 1 is 1.04 bits per heavy atom. The predicted molar refractivity (Wildman–Crippen MR) is 107 cm³/mol. The second-order valence-corrected chi connectivity index (χ2v) is 6.67. The number of anilines is 2. The number of hydrogen-bond acceptors (Lipinski definition) is 4. The van der Waals surface area contributed by atoms with E-state index >= 15 is 0 Å². The first kappa shape index (κ1) is 17.5. The van der Waals surface area contributed by atoms with Gasteiger partial charge in [-0.1, -0.05) is 52.6 Å². The minimum atomic E-state index is 0.392. The Kier molecular flexibility index (Phi) is 4.56. The molecule has 0 aliphatic rings. The standard InChI is InChI=1S/C20H13Cl2N3O2/c1-12-20(19(24-27-12)17-14(21)7-3-8-15(17)22)25(11-26)16-9-2-5-13-6-4-10-23-18(13)16/h2-11H,1H3. The molecule has 27 heavy (non-hydrogen) atoms. The number of amides is 1. The van der Waals surface area contributed by atoms with Gasteiger partial charge in [0.05, 0.1) is 21.2 Å². The minimum absolute atomic E-state index is 0.392. The molecule has 2 heterocycles. The molecule has 4 aromatic rings. The second-order valence-electron chi connectivity index (χ2n) is 5.86. The van der Waals surface area contributed by atoms with Crippen molar-refractivity contribution in [2.75, 3.05) is 4.90 Å². The highest BCUT2D eigenvalue weighted by Gasteiger charge is 2.26. The van der Waals surface area contributed by atoms with Gasteiger partial charge in [-0.3, -0.25) is 14.7 Å². The maximum absolute atomic E-state index is 12.1. The van der Waals surface area contributed by atoms with Crippen molar-refractivity contribution in [3.05, 3.63) is 70.5 Å². The molecule has 0 radical (unpaired) electrons. The molecule has 0 saturated carbocycles. The van der Waals surface area contributed by atoms with Gasteiger partial charge in [-0.25, -0.2) is 0 Å². The van der Waals surface area contributed by atoms with Gasteiger partial charge in [0.2, 0.25) is 6.41 Å². The van der Waals surface area contributed by atoms with E-state index in [1.165, 1.54) is 4.90 Å². The number of fused-ring (bicyclic) bond motifs is 1. The first-order valence-electron chi connectivity index (χ1n) is 8.10. The number of carbonyl (C=O) groups is 1. The Bertz CT molecular complexity index is 1130. The van der Waals surface area contributed by atoms with E-state index in [4.69, 9.17) is 27.7 Å². The minimum Gasteiger partial charge on any atom is -0.359 e. The van der Waals surface area contributed by atoms with Crippen molar-refractivity contribution < 1.29 is 9.32 Å². The zero-order valence-electron chi connectivity index (χ0n) is 14.2. The molecule has 2 aromatic heterocycles. The van der Waals surface area contributed by atoms with Crippen LogP contribution in [0.2, 0.25) is 10.0 Å². The number of hydrogen-bond donors (Lipinski definition) is 0. The highest BCUT2D eigenvalue weighted by molar-refractivity contribution is 6.39. The van der Waals surface area contributed by atoms with Gasteiger partial charge in [0, 0.05) is 17.1 Å². The molecule has 0 spiro atoms. The summed E-state index contributed by atoms with van der Waals surface area (Å²) in [5, 5.41) is 5.86. The van der Waals surface area contributed by atoms with Gasteiger partial charge in [0.25, 0.3) is 0 Å². The smallest absolute Gasteiger partial charge is 0.218 e. The highest BCUT2D eigenvalue weighted by Crippen LogP contribution is 2.43. The molecule has 134 valence electrons. The van der Waals surface area contributed by atoms with Crippen molar-refractivity contribution >= 4 is 51.9 Å². The molecule has 0 aliphatic heterocycles. The molecule has 0 fully saturated rings. The molecule has 0 bridgehead atoms. The maximum Gasteiger partial charge on any atom is 0.218 e. The van der Waals surface area contributed by atoms with E-state index < -0.39 is 0 Å². The molecule has 0 unspecified atom stereocenters. The van der Waals surface area contributed by atoms with Crippen LogP contribution in [0.5, 0.6) is 0 Å². The molecule has 7 heteroatoms. The molecule has 0 N–H and O–H groups in total. The highest BCUT2D eigenvalue weighted by atomic mass is 35.5. The van der Waals surface area contributed by atoms with E-state index in [1.54, 1.807) is 31.3 Å². The SMILES string of the molecule is Cc1onc(-c2c(Cl)cccc2Cl)c1N(C=O)c1cccc2cccnc12. The van der Waals surface area contributed by atoms with Gasteiger partial charge < -0.3 is 4.52 Å². The number of pyridine rings is 1. The Balaban J connectivity index is 1.98. The molecule has 5 nitrogen and oxygen atoms in total. The summed E-state index contributed by atoms with van der Waals surface area (Å²) in [6, 6.07) is 14.5. The lowest BCUT2D eigenvalue weighted by molar-refractivity contribution is -0.106. The predicted octanol–water partition coefficient (Wildman–Crippen LogP) is 5.80. The fourth-order valence-electron chi connectivity index (χ4n) is 3.05. The summed E-state index contributed by atoms with van der Waals surface area (Å²) in [6.07, 6.45) is 2.39. The Hall–Kier alpha value is -2.89. The summed E-state index contributed by atoms with van der Waals surface area (Å²) in [6.45, 7) is 1.73. The third-order valence-corrected chi connectivity index (χ3v) is 4.88. The lowest BCUT2D eigenvalue weighted by atomic mass is 10.1. The molecule has 4 rings (SSSR count). The second kappa shape index (κ2) is 7.02. The van der Waals surface area contributed by atoms with Crippen molar-refractivity contribution in [2.45, 2.75) is 6.92 Å². The number of halogens is 2. The molecule has 0 saturated heterocycles. The van der Waals surface area contributed by atoms with Gasteiger partial charge in [-0.05, 0) is 31.2 Å². The van der Waals surface area contributed by atoms with E-state index in [-0.39, 0.29) is 0 Å². The maximum atomic E-state index is 12.1. The number of carbonyl (C=O) groups excluding carboxylic acids is 1. The third-order valence-electron chi connectivity index (χ3n) is 4.25. The largest absolute Gasteiger partial charge is 0.359 e. The first-order chi connectivity index (χ1) is 13.1. The molecule has 2 aromatic carbocycles. The topological polar surface area (TPSA) is 59.2 Å². The van der Waals surface area contributed by atoms with Crippen LogP contribution in [0.15, 0.2) is 59.3 Å². The number of rotatable bonds is 4. The van der Waals surface area contributed by atoms with Crippen LogP contribution in [0.3, 0.4) is 0 Å². The van der Waals surface area contributed by atoms with Crippen LogP contribution in [-0.2, 0) is 4.79 Å². The number of aryl methyl sites for hydroxylation is 1. The van der Waals surface area contributed by atoms with Crippen molar-refractivity contribution in [1.82, 2.24) is 10.1 Å². The molecule has 1 amide bonds. The third kappa shape index (κ3) is 2.95. The number of aromatic nitrogens is 2. The van der Waals surface area contributed by atoms with Crippen LogP contribution in [0.1, 0.15) is 5.76 Å². The summed E-state index contributed by atoms with van der Waals surface area (Å²) in [5.74, 6) is 0.459. The molecular weight excluding hydrogens is 385 g/mol. The van der Waals surface area contributed by atoms with E-state index in [9.17, 15) is 4.79 Å². The van der Waals surface area contributed by atoms with E-state index in [0.717, 1.165) is 5.39 Å². The number of para-hydroxylation sites is 1. The zero-order chi connectivity index (χ0) is 19.0. The van der Waals surface area contributed by atoms with Gasteiger partial charge in [0.15, 0.2) is 5.76 Å². The average Bonchev–Trinajstić information content (AvgIpc) is 3.04. The molecule has 0 atom stereocenters. The van der Waals surface area contributed by atoms with Crippen LogP contribution in [0.25, 0.3) is 22.2 Å². The van der Waals surface area contributed by atoms with Gasteiger partial charge in [-0.15, -0.1) is 0 Å². The number of nitrogens with zero attached hydrogens (tertiary/aromatic N) is 3. The summed E-state index contributed by atoms with van der Waals surface area (Å²) in [5.41, 5.74) is 2.66. The van der Waals surface area contributed by atoms with Crippen molar-refractivity contribution in [2.24, 2.45) is 0 Å². The first-order valence-corrected chi connectivity index (χ1v) is 8.86. The monoisotopic (exact) mass is 397 g/mol. The van der Waals surface area contributed by atoms with Crippen LogP contribution >= 0.6 is 23.2 Å². The van der Waals surface area contributed by atoms with Gasteiger partial charge in [0.1, 0.15) is 11.4 Å². The van der Waals surface area contributed by atoms with Crippen LogP contribution in [-0.4, -0.2) is 16.6 Å². The Morgan fingerprint density at radius 3 is 2.48 bits per heavy atom. The Labute approximate surface area is 165 Å². The average molecular weight is 398 g/mol. The van der Waals surface area contributed by atoms with E-state index in [0.29, 0.717) is 50.4 Å². The summed E-state index contributed by atoms with van der Waals surface area (Å²) in [7, 11) is 0. The lowest BCUT2D eigenvalue weighted by Gasteiger charge is -2.19. The van der Waals surface area contributed by atoms with Crippen molar-refractivity contribution in [3.63, 3.8) is 0 Å². The lowest BCUT2D eigenvalue weighted by Crippen LogP contribution is -2.16. The molecule has 0 aliphatic carbocycles. The normalized spacial score (nSPS) is 10.9. The number of benzene rings is 2. The van der Waals surface area contributed by atoms with Crippen LogP contribution < -0.4 is 4.90 Å². The van der Waals surface area contributed by atoms with Crippen LogP contribution in [0.4, 0.5) is 11.4 Å². The molecular formula is C20H13Cl2N3O2. The Morgan fingerprint density at radius 2 is 1.74 bits per heavy atom. The van der Waals surface area contributed by atoms with Crippen molar-refractivity contribution in [3.8, 4) is 11.3 Å². The summed E-state index contributed by atoms with van der Waals surface area (Å²) in [4.78, 5) is 18.0. The van der Waals surface area contributed by atoms with Gasteiger partial charge >= 0.3 is 0 Å². The van der Waals surface area contributed by atoms with E-state index in [2.05, 4.69) is 10.1 Å². The van der Waals surface area contributed by atoms with E-state index in [1.807, 2.05) is 30.3 Å². The van der Waals surface area contributed by atoms with Gasteiger partial charge in [-0.2, -0.15) is 0 Å². The quantitative estimate of drug-likeness (QED) is 0.408. The zero-order valence-corrected chi connectivity index (χ0v) is 15.7. The fraction of sp³-hybridized carbons (Fsp3) is 0.0500. The fourth-order valence-corrected chi connectivity index (χ4v) is 3.63. The summed E-state index contributed by atoms with van der Waals surface area (Å²) >= 11 is 12.7. The summed E-state index contributed by atoms with van der Waals surface area (Å²) < 4.78 is 5.39. The van der Waals surface area contributed by atoms with Crippen molar-refractivity contribution in [1.29, 1.82) is 0 Å². The van der Waals surface area contributed by atoms with Crippen LogP contribution in [0, 0.1) is 6.92 Å².